The van der Waals surface area contributed by atoms with Gasteiger partial charge in [-0.05, 0) is 31.0 Å². The molecule has 0 aliphatic carbocycles. The molecule has 0 radical (unpaired) electrons. The summed E-state index contributed by atoms with van der Waals surface area (Å²) in [6.45, 7) is 7.78. The van der Waals surface area contributed by atoms with Gasteiger partial charge in [0.25, 0.3) is 5.91 Å². The van der Waals surface area contributed by atoms with Crippen molar-refractivity contribution in [1.82, 2.24) is 19.7 Å². The van der Waals surface area contributed by atoms with Gasteiger partial charge in [-0.2, -0.15) is 0 Å². The molecule has 0 unspecified atom stereocenters. The van der Waals surface area contributed by atoms with E-state index in [0.717, 1.165) is 0 Å². The fourth-order valence-electron chi connectivity index (χ4n) is 3.89. The summed E-state index contributed by atoms with van der Waals surface area (Å²) >= 11 is 13.4. The van der Waals surface area contributed by atoms with E-state index >= 15 is 0 Å². The molecule has 1 aromatic heterocycles. The Balaban J connectivity index is 1.55. The maximum Gasteiger partial charge on any atom is 0.409 e. The lowest BCUT2D eigenvalue weighted by atomic mass is 10.1. The largest absolute Gasteiger partial charge is 0.450 e. The number of piperazine rings is 1. The van der Waals surface area contributed by atoms with Gasteiger partial charge in [0, 0.05) is 43.1 Å². The number of thiazole rings is 1. The summed E-state index contributed by atoms with van der Waals surface area (Å²) in [7, 11) is 0. The van der Waals surface area contributed by atoms with Crippen LogP contribution in [0.4, 0.5) is 9.93 Å². The molecule has 1 aliphatic heterocycles. The number of nitrogens with zero attached hydrogens (tertiary/aromatic N) is 4. The zero-order valence-corrected chi connectivity index (χ0v) is 23.9. The molecule has 0 spiro atoms. The molecule has 1 aliphatic rings. The first-order valence-corrected chi connectivity index (χ1v) is 13.9. The van der Waals surface area contributed by atoms with Crippen molar-refractivity contribution >= 4 is 63.5 Å². The Hall–Kier alpha value is -2.89. The SMILES string of the molecule is CCOC(=O)N1CCN(C(=O)Cc2csc(NC(=O)CN(CC(C)C)C(=O)c3ccc(Cl)cc3Cl)n2)CC1. The Morgan fingerprint density at radius 3 is 2.45 bits per heavy atom. The van der Waals surface area contributed by atoms with E-state index in [1.165, 1.54) is 22.3 Å². The van der Waals surface area contributed by atoms with Crippen LogP contribution in [0.15, 0.2) is 23.6 Å². The summed E-state index contributed by atoms with van der Waals surface area (Å²) in [5.41, 5.74) is 0.800. The Labute approximate surface area is 235 Å². The number of halogens is 2. The van der Waals surface area contributed by atoms with Crippen molar-refractivity contribution in [2.24, 2.45) is 5.92 Å². The maximum atomic E-state index is 13.1. The van der Waals surface area contributed by atoms with E-state index < -0.39 is 5.91 Å². The van der Waals surface area contributed by atoms with E-state index in [9.17, 15) is 19.2 Å². The fraction of sp³-hybridized carbons (Fsp3) is 0.480. The number of hydrogen-bond acceptors (Lipinski definition) is 7. The van der Waals surface area contributed by atoms with Crippen LogP contribution < -0.4 is 5.32 Å². The second-order valence-corrected chi connectivity index (χ2v) is 10.8. The third kappa shape index (κ3) is 8.31. The minimum Gasteiger partial charge on any atom is -0.450 e. The van der Waals surface area contributed by atoms with Crippen LogP contribution in [0, 0.1) is 5.92 Å². The number of ether oxygens (including phenoxy) is 1. The molecule has 0 saturated carbocycles. The lowest BCUT2D eigenvalue weighted by Crippen LogP contribution is -2.51. The lowest BCUT2D eigenvalue weighted by molar-refractivity contribution is -0.132. The molecular formula is C25H31Cl2N5O5S. The van der Waals surface area contributed by atoms with Crippen molar-refractivity contribution in [2.75, 3.05) is 51.2 Å². The average Bonchev–Trinajstić information content (AvgIpc) is 3.29. The number of aromatic nitrogens is 1. The minimum atomic E-state index is -0.411. The van der Waals surface area contributed by atoms with E-state index in [1.54, 1.807) is 34.2 Å². The second kappa shape index (κ2) is 13.8. The van der Waals surface area contributed by atoms with Gasteiger partial charge < -0.3 is 24.8 Å². The quantitative estimate of drug-likeness (QED) is 0.477. The molecule has 10 nitrogen and oxygen atoms in total. The molecule has 1 N–H and O–H groups in total. The van der Waals surface area contributed by atoms with Crippen LogP contribution in [0.3, 0.4) is 0 Å². The number of hydrogen-bond donors (Lipinski definition) is 1. The predicted molar refractivity (Wildman–Crippen MR) is 147 cm³/mol. The van der Waals surface area contributed by atoms with E-state index in [2.05, 4.69) is 10.3 Å². The monoisotopic (exact) mass is 583 g/mol. The van der Waals surface area contributed by atoms with Gasteiger partial charge in [-0.15, -0.1) is 11.3 Å². The Morgan fingerprint density at radius 2 is 1.82 bits per heavy atom. The first-order chi connectivity index (χ1) is 18.1. The Morgan fingerprint density at radius 1 is 1.13 bits per heavy atom. The molecule has 13 heteroatoms. The van der Waals surface area contributed by atoms with Crippen LogP contribution in [-0.2, 0) is 20.7 Å². The van der Waals surface area contributed by atoms with Crippen LogP contribution in [0.5, 0.6) is 0 Å². The van der Waals surface area contributed by atoms with Crippen molar-refractivity contribution in [3.05, 3.63) is 44.9 Å². The maximum absolute atomic E-state index is 13.1. The third-order valence-electron chi connectivity index (χ3n) is 5.66. The van der Waals surface area contributed by atoms with Crippen LogP contribution in [0.25, 0.3) is 0 Å². The van der Waals surface area contributed by atoms with Gasteiger partial charge in [0.2, 0.25) is 11.8 Å². The molecule has 206 valence electrons. The van der Waals surface area contributed by atoms with Gasteiger partial charge >= 0.3 is 6.09 Å². The summed E-state index contributed by atoms with van der Waals surface area (Å²) in [5.74, 6) is -0.768. The van der Waals surface area contributed by atoms with E-state index in [0.29, 0.717) is 55.2 Å². The Kier molecular flexibility index (Phi) is 10.7. The van der Waals surface area contributed by atoms with Gasteiger partial charge in [-0.25, -0.2) is 9.78 Å². The predicted octanol–water partition coefficient (Wildman–Crippen LogP) is 4.03. The summed E-state index contributed by atoms with van der Waals surface area (Å²) in [6, 6.07) is 4.61. The smallest absolute Gasteiger partial charge is 0.409 e. The molecule has 1 fully saturated rings. The minimum absolute atomic E-state index is 0.0821. The van der Waals surface area contributed by atoms with Gasteiger partial charge in [-0.3, -0.25) is 14.4 Å². The number of carbonyl (C=O) groups is 4. The Bertz CT molecular complexity index is 1170. The number of carbonyl (C=O) groups excluding carboxylic acids is 4. The third-order valence-corrected chi connectivity index (χ3v) is 7.01. The van der Waals surface area contributed by atoms with E-state index in [1.807, 2.05) is 13.8 Å². The molecule has 0 bridgehead atoms. The number of nitrogens with one attached hydrogen (secondary N) is 1. The number of rotatable bonds is 9. The standard InChI is InChI=1S/C25H31Cl2N5O5S/c1-4-37-25(36)31-9-7-30(8-10-31)22(34)12-18-15-38-24(28-18)29-21(33)14-32(13-16(2)3)23(35)19-6-5-17(26)11-20(19)27/h5-6,11,15-16H,4,7-10,12-14H2,1-3H3,(H,28,29,33). The van der Waals surface area contributed by atoms with Crippen LogP contribution in [0.2, 0.25) is 10.0 Å². The number of benzene rings is 1. The summed E-state index contributed by atoms with van der Waals surface area (Å²) < 4.78 is 5.00. The molecule has 2 aromatic rings. The molecule has 2 heterocycles. The van der Waals surface area contributed by atoms with Crippen molar-refractivity contribution < 1.29 is 23.9 Å². The van der Waals surface area contributed by atoms with Gasteiger partial charge in [0.05, 0.1) is 29.3 Å². The van der Waals surface area contributed by atoms with Gasteiger partial charge in [-0.1, -0.05) is 37.0 Å². The highest BCUT2D eigenvalue weighted by Crippen LogP contribution is 2.23. The highest BCUT2D eigenvalue weighted by atomic mass is 35.5. The molecule has 1 aromatic carbocycles. The van der Waals surface area contributed by atoms with Gasteiger partial charge in [0.15, 0.2) is 5.13 Å². The topological polar surface area (TPSA) is 112 Å². The zero-order chi connectivity index (χ0) is 27.8. The molecule has 38 heavy (non-hydrogen) atoms. The first-order valence-electron chi connectivity index (χ1n) is 12.2. The normalized spacial score (nSPS) is 13.4. The first kappa shape index (κ1) is 29.7. The second-order valence-electron chi connectivity index (χ2n) is 9.14. The molecule has 0 atom stereocenters. The average molecular weight is 585 g/mol. The number of anilines is 1. The van der Waals surface area contributed by atoms with Crippen LogP contribution >= 0.6 is 34.5 Å². The molecule has 1 saturated heterocycles. The highest BCUT2D eigenvalue weighted by molar-refractivity contribution is 7.13. The summed E-state index contributed by atoms with van der Waals surface area (Å²) in [4.78, 5) is 59.5. The molecule has 4 amide bonds. The van der Waals surface area contributed by atoms with Crippen LogP contribution in [0.1, 0.15) is 36.8 Å². The van der Waals surface area contributed by atoms with Gasteiger partial charge in [0.1, 0.15) is 6.54 Å². The van der Waals surface area contributed by atoms with Crippen molar-refractivity contribution in [1.29, 1.82) is 0 Å². The molecular weight excluding hydrogens is 553 g/mol. The van der Waals surface area contributed by atoms with Crippen molar-refractivity contribution in [3.8, 4) is 0 Å². The van der Waals surface area contributed by atoms with Crippen LogP contribution in [-0.4, -0.2) is 89.4 Å². The highest BCUT2D eigenvalue weighted by Gasteiger charge is 2.26. The summed E-state index contributed by atoms with van der Waals surface area (Å²) in [5, 5.41) is 5.40. The zero-order valence-electron chi connectivity index (χ0n) is 21.5. The van der Waals surface area contributed by atoms with Crippen molar-refractivity contribution in [2.45, 2.75) is 27.2 Å². The van der Waals surface area contributed by atoms with E-state index in [-0.39, 0.29) is 47.4 Å². The van der Waals surface area contributed by atoms with Crippen molar-refractivity contribution in [3.63, 3.8) is 0 Å². The lowest BCUT2D eigenvalue weighted by Gasteiger charge is -2.34. The summed E-state index contributed by atoms with van der Waals surface area (Å²) in [6.07, 6.45) is -0.289. The van der Waals surface area contributed by atoms with E-state index in [4.69, 9.17) is 27.9 Å². The molecule has 3 rings (SSSR count). The number of amides is 4. The fourth-order valence-corrected chi connectivity index (χ4v) is 5.11.